The summed E-state index contributed by atoms with van der Waals surface area (Å²) in [5, 5.41) is 10.8. The summed E-state index contributed by atoms with van der Waals surface area (Å²) in [5.41, 5.74) is 4.80. The molecule has 0 amide bonds. The quantitative estimate of drug-likeness (QED) is 0.450. The molecule has 0 saturated carbocycles. The number of rotatable bonds is 2. The van der Waals surface area contributed by atoms with Gasteiger partial charge in [-0.2, -0.15) is 0 Å². The molecule has 5 aromatic rings. The molecule has 0 aliphatic heterocycles. The van der Waals surface area contributed by atoms with Crippen molar-refractivity contribution in [1.82, 2.24) is 25.1 Å². The summed E-state index contributed by atoms with van der Waals surface area (Å²) in [5.74, 6) is 0. The monoisotopic (exact) mass is 335 g/mol. The molecule has 0 N–H and O–H groups in total. The predicted molar refractivity (Wildman–Crippen MR) is 101 cm³/mol. The first kappa shape index (κ1) is 14.6. The molecule has 0 unspecified atom stereocenters. The highest BCUT2D eigenvalue weighted by Gasteiger charge is 2.08. The van der Waals surface area contributed by atoms with Gasteiger partial charge in [0.15, 0.2) is 0 Å². The van der Waals surface area contributed by atoms with Gasteiger partial charge in [-0.05, 0) is 36.4 Å². The molecule has 0 radical (unpaired) electrons. The molecule has 26 heavy (non-hydrogen) atoms. The van der Waals surface area contributed by atoms with Crippen molar-refractivity contribution in [2.24, 2.45) is 0 Å². The maximum absolute atomic E-state index is 4.80. The average Bonchev–Trinajstić information content (AvgIpc) is 2.74. The zero-order valence-electron chi connectivity index (χ0n) is 13.7. The standard InChI is InChI=1S/C21H13N5/c1-2-12-22-16(5-1)18-10-11-19(26-25-18)17-9-8-15-7-6-14-4-3-13-23-20(14)21(15)24-17/h1-13H. The van der Waals surface area contributed by atoms with Crippen LogP contribution >= 0.6 is 0 Å². The van der Waals surface area contributed by atoms with E-state index in [1.54, 1.807) is 12.4 Å². The van der Waals surface area contributed by atoms with Gasteiger partial charge in [-0.25, -0.2) is 4.98 Å². The van der Waals surface area contributed by atoms with E-state index in [2.05, 4.69) is 32.3 Å². The number of fused-ring (bicyclic) bond motifs is 3. The van der Waals surface area contributed by atoms with Crippen LogP contribution in [-0.2, 0) is 0 Å². The van der Waals surface area contributed by atoms with Crippen molar-refractivity contribution in [1.29, 1.82) is 0 Å². The van der Waals surface area contributed by atoms with E-state index in [0.29, 0.717) is 0 Å². The van der Waals surface area contributed by atoms with Crippen LogP contribution in [0.5, 0.6) is 0 Å². The first-order valence-corrected chi connectivity index (χ1v) is 8.28. The van der Waals surface area contributed by atoms with Gasteiger partial charge in [-0.3, -0.25) is 9.97 Å². The third kappa shape index (κ3) is 2.46. The molecule has 0 spiro atoms. The van der Waals surface area contributed by atoms with Crippen LogP contribution in [0.25, 0.3) is 44.6 Å². The molecule has 5 rings (SSSR count). The van der Waals surface area contributed by atoms with Gasteiger partial charge in [0.25, 0.3) is 0 Å². The second kappa shape index (κ2) is 5.97. The van der Waals surface area contributed by atoms with Gasteiger partial charge in [-0.1, -0.05) is 30.3 Å². The number of aromatic nitrogens is 5. The fourth-order valence-corrected chi connectivity index (χ4v) is 2.99. The maximum atomic E-state index is 4.80. The summed E-state index contributed by atoms with van der Waals surface area (Å²) in [7, 11) is 0. The van der Waals surface area contributed by atoms with Crippen LogP contribution < -0.4 is 0 Å². The average molecular weight is 335 g/mol. The van der Waals surface area contributed by atoms with Crippen molar-refractivity contribution >= 4 is 21.8 Å². The minimum atomic E-state index is 0.722. The Labute approximate surface area is 149 Å². The molecule has 4 aromatic heterocycles. The van der Waals surface area contributed by atoms with E-state index >= 15 is 0 Å². The molecule has 122 valence electrons. The summed E-state index contributed by atoms with van der Waals surface area (Å²) in [4.78, 5) is 13.6. The molecule has 0 aliphatic carbocycles. The van der Waals surface area contributed by atoms with E-state index < -0.39 is 0 Å². The third-order valence-electron chi connectivity index (χ3n) is 4.29. The first-order chi connectivity index (χ1) is 12.9. The Kier molecular flexibility index (Phi) is 3.35. The molecule has 4 heterocycles. The lowest BCUT2D eigenvalue weighted by Gasteiger charge is -2.05. The Morgan fingerprint density at radius 1 is 0.462 bits per heavy atom. The zero-order valence-corrected chi connectivity index (χ0v) is 13.7. The Hall–Kier alpha value is -3.73. The number of hydrogen-bond acceptors (Lipinski definition) is 5. The van der Waals surface area contributed by atoms with Gasteiger partial charge < -0.3 is 0 Å². The Bertz CT molecular complexity index is 1220. The normalized spacial score (nSPS) is 11.1. The van der Waals surface area contributed by atoms with Crippen molar-refractivity contribution in [3.63, 3.8) is 0 Å². The molecule has 0 saturated heterocycles. The van der Waals surface area contributed by atoms with Gasteiger partial charge in [0, 0.05) is 23.2 Å². The van der Waals surface area contributed by atoms with E-state index in [0.717, 1.165) is 44.6 Å². The van der Waals surface area contributed by atoms with E-state index in [1.807, 2.05) is 54.6 Å². The SMILES string of the molecule is c1ccc(-c2ccc(-c3ccc4ccc5cccnc5c4n3)nn2)nc1. The number of benzene rings is 1. The van der Waals surface area contributed by atoms with Crippen LogP contribution in [0.3, 0.4) is 0 Å². The Balaban J connectivity index is 1.61. The molecule has 0 atom stereocenters. The lowest BCUT2D eigenvalue weighted by Crippen LogP contribution is -1.94. The molecular formula is C21H13N5. The molecule has 5 nitrogen and oxygen atoms in total. The van der Waals surface area contributed by atoms with Gasteiger partial charge >= 0.3 is 0 Å². The highest BCUT2D eigenvalue weighted by atomic mass is 15.1. The van der Waals surface area contributed by atoms with Crippen LogP contribution in [-0.4, -0.2) is 25.1 Å². The summed E-state index contributed by atoms with van der Waals surface area (Å²) in [6.07, 6.45) is 3.53. The zero-order chi connectivity index (χ0) is 17.3. The maximum Gasteiger partial charge on any atom is 0.111 e. The summed E-state index contributed by atoms with van der Waals surface area (Å²) in [6.45, 7) is 0. The van der Waals surface area contributed by atoms with E-state index in [-0.39, 0.29) is 0 Å². The largest absolute Gasteiger partial charge is 0.255 e. The summed E-state index contributed by atoms with van der Waals surface area (Å²) >= 11 is 0. The van der Waals surface area contributed by atoms with Crippen LogP contribution in [0.1, 0.15) is 0 Å². The summed E-state index contributed by atoms with van der Waals surface area (Å²) in [6, 6.07) is 21.7. The highest BCUT2D eigenvalue weighted by Crippen LogP contribution is 2.25. The number of nitrogens with zero attached hydrogens (tertiary/aromatic N) is 5. The van der Waals surface area contributed by atoms with Crippen molar-refractivity contribution < 1.29 is 0 Å². The smallest absolute Gasteiger partial charge is 0.111 e. The lowest BCUT2D eigenvalue weighted by molar-refractivity contribution is 1.03. The van der Waals surface area contributed by atoms with Crippen LogP contribution in [0.2, 0.25) is 0 Å². The number of pyridine rings is 3. The van der Waals surface area contributed by atoms with E-state index in [4.69, 9.17) is 4.98 Å². The van der Waals surface area contributed by atoms with Gasteiger partial charge in [0.2, 0.25) is 0 Å². The molecule has 0 bridgehead atoms. The highest BCUT2D eigenvalue weighted by molar-refractivity contribution is 6.03. The van der Waals surface area contributed by atoms with Crippen LogP contribution in [0, 0.1) is 0 Å². The van der Waals surface area contributed by atoms with Crippen molar-refractivity contribution in [3.8, 4) is 22.8 Å². The first-order valence-electron chi connectivity index (χ1n) is 8.28. The lowest BCUT2D eigenvalue weighted by atomic mass is 10.1. The fraction of sp³-hybridized carbons (Fsp3) is 0. The van der Waals surface area contributed by atoms with Crippen molar-refractivity contribution in [3.05, 3.63) is 79.1 Å². The second-order valence-electron chi connectivity index (χ2n) is 5.93. The topological polar surface area (TPSA) is 64.5 Å². The predicted octanol–water partition coefficient (Wildman–Crippen LogP) is 4.30. The van der Waals surface area contributed by atoms with Gasteiger partial charge in [0.1, 0.15) is 11.4 Å². The Morgan fingerprint density at radius 2 is 1.15 bits per heavy atom. The minimum Gasteiger partial charge on any atom is -0.255 e. The Morgan fingerprint density at radius 3 is 1.92 bits per heavy atom. The molecular weight excluding hydrogens is 322 g/mol. The summed E-state index contributed by atoms with van der Waals surface area (Å²) < 4.78 is 0. The number of hydrogen-bond donors (Lipinski definition) is 0. The van der Waals surface area contributed by atoms with Gasteiger partial charge in [0.05, 0.1) is 22.4 Å². The minimum absolute atomic E-state index is 0.722. The van der Waals surface area contributed by atoms with E-state index in [1.165, 1.54) is 0 Å². The molecule has 5 heteroatoms. The fourth-order valence-electron chi connectivity index (χ4n) is 2.99. The van der Waals surface area contributed by atoms with Gasteiger partial charge in [-0.15, -0.1) is 10.2 Å². The van der Waals surface area contributed by atoms with E-state index in [9.17, 15) is 0 Å². The van der Waals surface area contributed by atoms with Crippen LogP contribution in [0.15, 0.2) is 79.1 Å². The second-order valence-corrected chi connectivity index (χ2v) is 5.93. The molecule has 0 aliphatic rings. The van der Waals surface area contributed by atoms with Crippen LogP contribution in [0.4, 0.5) is 0 Å². The molecule has 1 aromatic carbocycles. The van der Waals surface area contributed by atoms with Crippen molar-refractivity contribution in [2.75, 3.05) is 0 Å². The van der Waals surface area contributed by atoms with Crippen molar-refractivity contribution in [2.45, 2.75) is 0 Å². The molecule has 0 fully saturated rings. The third-order valence-corrected chi connectivity index (χ3v) is 4.29.